The molecule has 5 nitrogen and oxygen atoms in total. The minimum absolute atomic E-state index is 0.0476. The number of rotatable bonds is 5. The normalized spacial score (nSPS) is 15.0. The van der Waals surface area contributed by atoms with Gasteiger partial charge in [-0.3, -0.25) is 14.6 Å². The molecule has 1 amide bonds. The first-order valence-electron chi connectivity index (χ1n) is 9.45. The van der Waals surface area contributed by atoms with Gasteiger partial charge in [-0.15, -0.1) is 0 Å². The molecule has 0 radical (unpaired) electrons. The van der Waals surface area contributed by atoms with Gasteiger partial charge in [-0.1, -0.05) is 38.9 Å². The fraction of sp³-hybridized carbons (Fsp3) is 0.333. The average Bonchev–Trinajstić information content (AvgIpc) is 3.13. The molecule has 1 fully saturated rings. The van der Waals surface area contributed by atoms with Crippen molar-refractivity contribution < 1.29 is 9.53 Å². The zero-order valence-electron chi connectivity index (χ0n) is 16.0. The van der Waals surface area contributed by atoms with Gasteiger partial charge in [0.2, 0.25) is 0 Å². The molecule has 2 aromatic carbocycles. The molecule has 3 aromatic rings. The van der Waals surface area contributed by atoms with Gasteiger partial charge < -0.3 is 4.74 Å². The second-order valence-corrected chi connectivity index (χ2v) is 9.34. The fourth-order valence-corrected chi connectivity index (χ4v) is 5.07. The highest BCUT2D eigenvalue weighted by atomic mass is 79.9. The standard InChI is InChI=1S/C21H21BrClN3O2S/c1-14-12-17(23)13-18-19(14)24-21(29-18)26(7-6-25-8-10-28-11-9-25)20(27)15-2-4-16(22)5-3-15/h2-5,12-13H,6-11H2,1H3. The van der Waals surface area contributed by atoms with Crippen molar-refractivity contribution >= 4 is 60.1 Å². The summed E-state index contributed by atoms with van der Waals surface area (Å²) in [5.41, 5.74) is 2.55. The molecule has 1 saturated heterocycles. The Labute approximate surface area is 187 Å². The van der Waals surface area contributed by atoms with Crippen molar-refractivity contribution in [3.8, 4) is 0 Å². The third kappa shape index (κ3) is 4.81. The number of hydrogen-bond donors (Lipinski definition) is 0. The highest BCUT2D eigenvalue weighted by Gasteiger charge is 2.23. The van der Waals surface area contributed by atoms with Crippen LogP contribution in [0.3, 0.4) is 0 Å². The zero-order valence-corrected chi connectivity index (χ0v) is 19.2. The van der Waals surface area contributed by atoms with Crippen molar-refractivity contribution in [1.29, 1.82) is 0 Å². The summed E-state index contributed by atoms with van der Waals surface area (Å²) < 4.78 is 7.37. The number of morpholine rings is 1. The summed E-state index contributed by atoms with van der Waals surface area (Å²) in [7, 11) is 0. The third-order valence-electron chi connectivity index (χ3n) is 4.95. The van der Waals surface area contributed by atoms with Crippen molar-refractivity contribution in [1.82, 2.24) is 9.88 Å². The van der Waals surface area contributed by atoms with E-state index >= 15 is 0 Å². The first-order chi connectivity index (χ1) is 14.0. The van der Waals surface area contributed by atoms with Crippen LogP contribution in [0.1, 0.15) is 15.9 Å². The van der Waals surface area contributed by atoms with Gasteiger partial charge in [0.1, 0.15) is 0 Å². The van der Waals surface area contributed by atoms with Crippen LogP contribution in [0.5, 0.6) is 0 Å². The largest absolute Gasteiger partial charge is 0.379 e. The molecular weight excluding hydrogens is 474 g/mol. The van der Waals surface area contributed by atoms with E-state index in [9.17, 15) is 4.79 Å². The molecule has 0 aliphatic carbocycles. The Morgan fingerprint density at radius 3 is 2.72 bits per heavy atom. The maximum absolute atomic E-state index is 13.4. The van der Waals surface area contributed by atoms with Crippen LogP contribution in [0.2, 0.25) is 5.02 Å². The van der Waals surface area contributed by atoms with E-state index in [1.165, 1.54) is 11.3 Å². The smallest absolute Gasteiger partial charge is 0.260 e. The Hall–Kier alpha value is -1.51. The van der Waals surface area contributed by atoms with E-state index in [1.54, 1.807) is 4.90 Å². The molecule has 0 bridgehead atoms. The van der Waals surface area contributed by atoms with Gasteiger partial charge in [-0.2, -0.15) is 0 Å². The average molecular weight is 495 g/mol. The summed E-state index contributed by atoms with van der Waals surface area (Å²) in [4.78, 5) is 22.3. The number of fused-ring (bicyclic) bond motifs is 1. The predicted octanol–water partition coefficient (Wildman–Crippen LogP) is 5.00. The Kier molecular flexibility index (Phi) is 6.51. The number of hydrogen-bond acceptors (Lipinski definition) is 5. The monoisotopic (exact) mass is 493 g/mol. The topological polar surface area (TPSA) is 45.7 Å². The van der Waals surface area contributed by atoms with Gasteiger partial charge >= 0.3 is 0 Å². The van der Waals surface area contributed by atoms with E-state index in [1.807, 2.05) is 43.3 Å². The molecule has 152 valence electrons. The Morgan fingerprint density at radius 2 is 2.00 bits per heavy atom. The lowest BCUT2D eigenvalue weighted by Gasteiger charge is -2.29. The van der Waals surface area contributed by atoms with Crippen LogP contribution < -0.4 is 4.90 Å². The SMILES string of the molecule is Cc1cc(Cl)cc2sc(N(CCN3CCOCC3)C(=O)c3ccc(Br)cc3)nc12. The van der Waals surface area contributed by atoms with E-state index in [0.717, 1.165) is 53.1 Å². The Morgan fingerprint density at radius 1 is 1.28 bits per heavy atom. The number of anilines is 1. The van der Waals surface area contributed by atoms with Gasteiger partial charge in [0.25, 0.3) is 5.91 Å². The lowest BCUT2D eigenvalue weighted by Crippen LogP contribution is -2.43. The van der Waals surface area contributed by atoms with E-state index in [2.05, 4.69) is 20.8 Å². The summed E-state index contributed by atoms with van der Waals surface area (Å²) >= 11 is 11.2. The molecule has 1 aromatic heterocycles. The van der Waals surface area contributed by atoms with E-state index in [-0.39, 0.29) is 5.91 Å². The number of benzene rings is 2. The second-order valence-electron chi connectivity index (χ2n) is 6.98. The van der Waals surface area contributed by atoms with Crippen LogP contribution in [0.25, 0.3) is 10.2 Å². The Bertz CT molecular complexity index is 1020. The minimum Gasteiger partial charge on any atom is -0.379 e. The number of halogens is 2. The van der Waals surface area contributed by atoms with Crippen LogP contribution in [0, 0.1) is 6.92 Å². The Balaban J connectivity index is 1.66. The van der Waals surface area contributed by atoms with Gasteiger partial charge in [-0.25, -0.2) is 4.98 Å². The summed E-state index contributed by atoms with van der Waals surface area (Å²) in [6.45, 7) is 6.58. The summed E-state index contributed by atoms with van der Waals surface area (Å²) in [5.74, 6) is -0.0476. The van der Waals surface area contributed by atoms with Gasteiger partial charge in [-0.05, 0) is 48.9 Å². The fourth-order valence-electron chi connectivity index (χ4n) is 3.36. The molecule has 0 saturated carbocycles. The molecule has 0 spiro atoms. The quantitative estimate of drug-likeness (QED) is 0.501. The number of thiazole rings is 1. The molecule has 4 rings (SSSR count). The maximum Gasteiger partial charge on any atom is 0.260 e. The first-order valence-corrected chi connectivity index (χ1v) is 11.4. The predicted molar refractivity (Wildman–Crippen MR) is 122 cm³/mol. The lowest BCUT2D eigenvalue weighted by molar-refractivity contribution is 0.0391. The summed E-state index contributed by atoms with van der Waals surface area (Å²) in [5, 5.41) is 1.39. The van der Waals surface area contributed by atoms with Crippen molar-refractivity contribution in [2.75, 3.05) is 44.3 Å². The van der Waals surface area contributed by atoms with Crippen molar-refractivity contribution in [2.45, 2.75) is 6.92 Å². The summed E-state index contributed by atoms with van der Waals surface area (Å²) in [6.07, 6.45) is 0. The number of carbonyl (C=O) groups is 1. The molecule has 1 aliphatic heterocycles. The van der Waals surface area contributed by atoms with Gasteiger partial charge in [0.15, 0.2) is 5.13 Å². The molecule has 0 atom stereocenters. The number of carbonyl (C=O) groups excluding carboxylic acids is 1. The van der Waals surface area contributed by atoms with Gasteiger partial charge in [0.05, 0.1) is 23.4 Å². The minimum atomic E-state index is -0.0476. The highest BCUT2D eigenvalue weighted by Crippen LogP contribution is 2.33. The third-order valence-corrected chi connectivity index (χ3v) is 6.72. The molecular formula is C21H21BrClN3O2S. The molecule has 29 heavy (non-hydrogen) atoms. The summed E-state index contributed by atoms with van der Waals surface area (Å²) in [6, 6.07) is 11.3. The highest BCUT2D eigenvalue weighted by molar-refractivity contribution is 9.10. The molecule has 0 N–H and O–H groups in total. The number of aromatic nitrogens is 1. The first kappa shape index (κ1) is 20.8. The number of nitrogens with zero attached hydrogens (tertiary/aromatic N) is 3. The van der Waals surface area contributed by atoms with Crippen molar-refractivity contribution in [2.24, 2.45) is 0 Å². The van der Waals surface area contributed by atoms with Crippen LogP contribution in [0.4, 0.5) is 5.13 Å². The van der Waals surface area contributed by atoms with Crippen LogP contribution >= 0.6 is 38.9 Å². The molecule has 2 heterocycles. The van der Waals surface area contributed by atoms with Crippen molar-refractivity contribution in [3.05, 3.63) is 57.0 Å². The van der Waals surface area contributed by atoms with Crippen LogP contribution in [0.15, 0.2) is 40.9 Å². The van der Waals surface area contributed by atoms with E-state index < -0.39 is 0 Å². The van der Waals surface area contributed by atoms with Crippen molar-refractivity contribution in [3.63, 3.8) is 0 Å². The van der Waals surface area contributed by atoms with E-state index in [0.29, 0.717) is 22.3 Å². The van der Waals surface area contributed by atoms with Crippen LogP contribution in [-0.2, 0) is 4.74 Å². The lowest BCUT2D eigenvalue weighted by atomic mass is 10.2. The molecule has 1 aliphatic rings. The number of ether oxygens (including phenoxy) is 1. The van der Waals surface area contributed by atoms with E-state index in [4.69, 9.17) is 21.3 Å². The number of aryl methyl sites for hydroxylation is 1. The maximum atomic E-state index is 13.4. The number of amides is 1. The second kappa shape index (κ2) is 9.10. The van der Waals surface area contributed by atoms with Gasteiger partial charge in [0, 0.05) is 41.2 Å². The van der Waals surface area contributed by atoms with Crippen LogP contribution in [-0.4, -0.2) is 55.2 Å². The molecule has 8 heteroatoms. The molecule has 0 unspecified atom stereocenters. The zero-order chi connectivity index (χ0) is 20.4.